The molecule has 2 aliphatic heterocycles. The second-order valence-electron chi connectivity index (χ2n) is 4.88. The average Bonchev–Trinajstić information content (AvgIpc) is 2.76. The summed E-state index contributed by atoms with van der Waals surface area (Å²) in [6.07, 6.45) is 2.48. The lowest BCUT2D eigenvalue weighted by Crippen LogP contribution is -2.32. The Labute approximate surface area is 91.1 Å². The molecule has 15 heavy (non-hydrogen) atoms. The summed E-state index contributed by atoms with van der Waals surface area (Å²) in [5.41, 5.74) is 10.2. The number of nitrogens with two attached hydrogens (primary N) is 1. The zero-order valence-corrected chi connectivity index (χ0v) is 9.24. The molecule has 1 aromatic carbocycles. The van der Waals surface area contributed by atoms with E-state index >= 15 is 0 Å². The van der Waals surface area contributed by atoms with E-state index in [0.717, 1.165) is 6.54 Å². The quantitative estimate of drug-likeness (QED) is 0.751. The fourth-order valence-electron chi connectivity index (χ4n) is 3.11. The molecule has 0 bridgehead atoms. The largest absolute Gasteiger partial charge is 0.368 e. The third-order valence-corrected chi connectivity index (χ3v) is 3.97. The van der Waals surface area contributed by atoms with E-state index in [1.54, 1.807) is 0 Å². The predicted octanol–water partition coefficient (Wildman–Crippen LogP) is 1.70. The van der Waals surface area contributed by atoms with Crippen molar-refractivity contribution >= 4 is 5.69 Å². The summed E-state index contributed by atoms with van der Waals surface area (Å²) in [6.45, 7) is 4.21. The van der Waals surface area contributed by atoms with Gasteiger partial charge in [-0.25, -0.2) is 0 Å². The zero-order valence-electron chi connectivity index (χ0n) is 9.24. The van der Waals surface area contributed by atoms with E-state index in [-0.39, 0.29) is 0 Å². The van der Waals surface area contributed by atoms with Gasteiger partial charge in [-0.1, -0.05) is 12.1 Å². The summed E-state index contributed by atoms with van der Waals surface area (Å²) in [7, 11) is 0. The Bertz CT molecular complexity index is 386. The number of aryl methyl sites for hydroxylation is 1. The van der Waals surface area contributed by atoms with Crippen molar-refractivity contribution in [2.75, 3.05) is 18.0 Å². The number of hydrogen-bond acceptors (Lipinski definition) is 2. The molecule has 80 valence electrons. The highest BCUT2D eigenvalue weighted by molar-refractivity contribution is 5.62. The second kappa shape index (κ2) is 3.24. The van der Waals surface area contributed by atoms with Crippen molar-refractivity contribution in [2.45, 2.75) is 25.8 Å². The van der Waals surface area contributed by atoms with Gasteiger partial charge in [-0.05, 0) is 49.4 Å². The maximum atomic E-state index is 5.83. The van der Waals surface area contributed by atoms with E-state index in [1.807, 2.05) is 0 Å². The van der Waals surface area contributed by atoms with Crippen LogP contribution in [0.2, 0.25) is 0 Å². The summed E-state index contributed by atoms with van der Waals surface area (Å²) in [5, 5.41) is 0. The Morgan fingerprint density at radius 1 is 1.47 bits per heavy atom. The molecule has 2 heterocycles. The highest BCUT2D eigenvalue weighted by atomic mass is 15.2. The fourth-order valence-corrected chi connectivity index (χ4v) is 3.11. The maximum absolute atomic E-state index is 5.83. The summed E-state index contributed by atoms with van der Waals surface area (Å²) < 4.78 is 0. The normalized spacial score (nSPS) is 28.0. The molecule has 0 aromatic heterocycles. The highest BCUT2D eigenvalue weighted by Crippen LogP contribution is 2.40. The highest BCUT2D eigenvalue weighted by Gasteiger charge is 2.38. The SMILES string of the molecule is Cc1ccc2c(c1)N1CCC(CN)C1C2. The van der Waals surface area contributed by atoms with Crippen LogP contribution >= 0.6 is 0 Å². The predicted molar refractivity (Wildman–Crippen MR) is 63.2 cm³/mol. The molecule has 2 unspecified atom stereocenters. The van der Waals surface area contributed by atoms with Gasteiger partial charge < -0.3 is 10.6 Å². The van der Waals surface area contributed by atoms with E-state index in [2.05, 4.69) is 30.0 Å². The molecule has 0 spiro atoms. The van der Waals surface area contributed by atoms with Gasteiger partial charge in [0, 0.05) is 18.3 Å². The molecule has 0 saturated carbocycles. The van der Waals surface area contributed by atoms with Crippen molar-refractivity contribution in [1.29, 1.82) is 0 Å². The third-order valence-electron chi connectivity index (χ3n) is 3.97. The van der Waals surface area contributed by atoms with Crippen LogP contribution in [0.4, 0.5) is 5.69 Å². The molecule has 3 rings (SSSR count). The summed E-state index contributed by atoms with van der Waals surface area (Å²) in [5.74, 6) is 0.706. The van der Waals surface area contributed by atoms with Crippen LogP contribution in [-0.4, -0.2) is 19.1 Å². The van der Waals surface area contributed by atoms with Gasteiger partial charge in [0.2, 0.25) is 0 Å². The smallest absolute Gasteiger partial charge is 0.0404 e. The van der Waals surface area contributed by atoms with Crippen molar-refractivity contribution < 1.29 is 0 Å². The molecule has 0 amide bonds. The minimum Gasteiger partial charge on any atom is -0.368 e. The lowest BCUT2D eigenvalue weighted by Gasteiger charge is -2.21. The summed E-state index contributed by atoms with van der Waals surface area (Å²) >= 11 is 0. The van der Waals surface area contributed by atoms with E-state index in [0.29, 0.717) is 12.0 Å². The first-order chi connectivity index (χ1) is 7.29. The lowest BCUT2D eigenvalue weighted by molar-refractivity contribution is 0.491. The first-order valence-corrected chi connectivity index (χ1v) is 5.86. The molecular weight excluding hydrogens is 184 g/mol. The molecule has 1 aromatic rings. The maximum Gasteiger partial charge on any atom is 0.0404 e. The second-order valence-corrected chi connectivity index (χ2v) is 4.88. The van der Waals surface area contributed by atoms with E-state index in [1.165, 1.54) is 36.2 Å². The van der Waals surface area contributed by atoms with Crippen LogP contribution in [0, 0.1) is 12.8 Å². The molecule has 2 nitrogen and oxygen atoms in total. The molecule has 2 heteroatoms. The van der Waals surface area contributed by atoms with Crippen molar-refractivity contribution in [1.82, 2.24) is 0 Å². The van der Waals surface area contributed by atoms with Crippen LogP contribution in [0.25, 0.3) is 0 Å². The van der Waals surface area contributed by atoms with Gasteiger partial charge in [0.1, 0.15) is 0 Å². The zero-order chi connectivity index (χ0) is 10.4. The van der Waals surface area contributed by atoms with Gasteiger partial charge in [0.25, 0.3) is 0 Å². The van der Waals surface area contributed by atoms with Gasteiger partial charge in [-0.15, -0.1) is 0 Å². The van der Waals surface area contributed by atoms with Gasteiger partial charge in [-0.3, -0.25) is 0 Å². The summed E-state index contributed by atoms with van der Waals surface area (Å²) in [4.78, 5) is 2.57. The molecule has 0 radical (unpaired) electrons. The molecule has 2 N–H and O–H groups in total. The van der Waals surface area contributed by atoms with Gasteiger partial charge in [0.05, 0.1) is 0 Å². The third kappa shape index (κ3) is 1.28. The number of rotatable bonds is 1. The van der Waals surface area contributed by atoms with Gasteiger partial charge in [0.15, 0.2) is 0 Å². The summed E-state index contributed by atoms with van der Waals surface area (Å²) in [6, 6.07) is 7.52. The van der Waals surface area contributed by atoms with Crippen molar-refractivity contribution in [3.05, 3.63) is 29.3 Å². The number of benzene rings is 1. The number of fused-ring (bicyclic) bond motifs is 3. The molecule has 1 saturated heterocycles. The first kappa shape index (κ1) is 9.22. The van der Waals surface area contributed by atoms with Crippen LogP contribution in [0.15, 0.2) is 18.2 Å². The molecular formula is C13H18N2. The van der Waals surface area contributed by atoms with Crippen LogP contribution in [0.1, 0.15) is 17.5 Å². The van der Waals surface area contributed by atoms with Crippen molar-refractivity contribution in [3.63, 3.8) is 0 Å². The first-order valence-electron chi connectivity index (χ1n) is 5.86. The Morgan fingerprint density at radius 3 is 3.13 bits per heavy atom. The number of nitrogens with zero attached hydrogens (tertiary/aromatic N) is 1. The Morgan fingerprint density at radius 2 is 2.33 bits per heavy atom. The van der Waals surface area contributed by atoms with Crippen molar-refractivity contribution in [3.8, 4) is 0 Å². The lowest BCUT2D eigenvalue weighted by atomic mass is 9.96. The minimum absolute atomic E-state index is 0.687. The minimum atomic E-state index is 0.687. The Kier molecular flexibility index (Phi) is 1.99. The standard InChI is InChI=1S/C13H18N2/c1-9-2-3-10-7-13-11(8-14)4-5-15(13)12(10)6-9/h2-3,6,11,13H,4-5,7-8,14H2,1H3. The van der Waals surface area contributed by atoms with Crippen LogP contribution in [0.3, 0.4) is 0 Å². The van der Waals surface area contributed by atoms with Crippen molar-refractivity contribution in [2.24, 2.45) is 11.7 Å². The van der Waals surface area contributed by atoms with E-state index in [4.69, 9.17) is 5.73 Å². The fraction of sp³-hybridized carbons (Fsp3) is 0.538. The Balaban J connectivity index is 1.98. The molecule has 1 fully saturated rings. The molecule has 0 aliphatic carbocycles. The molecule has 2 atom stereocenters. The van der Waals surface area contributed by atoms with E-state index in [9.17, 15) is 0 Å². The topological polar surface area (TPSA) is 29.3 Å². The number of anilines is 1. The van der Waals surface area contributed by atoms with Crippen LogP contribution in [0.5, 0.6) is 0 Å². The monoisotopic (exact) mass is 202 g/mol. The Hall–Kier alpha value is -1.02. The van der Waals surface area contributed by atoms with E-state index < -0.39 is 0 Å². The van der Waals surface area contributed by atoms with Crippen LogP contribution < -0.4 is 10.6 Å². The number of hydrogen-bond donors (Lipinski definition) is 1. The van der Waals surface area contributed by atoms with Gasteiger partial charge >= 0.3 is 0 Å². The van der Waals surface area contributed by atoms with Gasteiger partial charge in [-0.2, -0.15) is 0 Å². The van der Waals surface area contributed by atoms with Crippen LogP contribution in [-0.2, 0) is 6.42 Å². The molecule has 2 aliphatic rings. The average molecular weight is 202 g/mol.